The van der Waals surface area contributed by atoms with Crippen LogP contribution in [-0.4, -0.2) is 42.3 Å². The van der Waals surface area contributed by atoms with Crippen molar-refractivity contribution in [1.29, 1.82) is 0 Å². The Labute approximate surface area is 236 Å². The maximum absolute atomic E-state index is 13.7. The van der Waals surface area contributed by atoms with Gasteiger partial charge in [0.15, 0.2) is 18.1 Å². The van der Waals surface area contributed by atoms with Crippen LogP contribution in [0.2, 0.25) is 0 Å². The molecular weight excluding hydrogens is 516 g/mol. The highest BCUT2D eigenvalue weighted by molar-refractivity contribution is 7.80. The monoisotopic (exact) mass is 556 g/mol. The number of fused-ring (bicyclic) bond motifs is 2. The third-order valence-corrected chi connectivity index (χ3v) is 10.4. The molecular formula is C31H40O7S. The van der Waals surface area contributed by atoms with Gasteiger partial charge in [-0.2, -0.15) is 0 Å². The van der Waals surface area contributed by atoms with E-state index < -0.39 is 47.7 Å². The summed E-state index contributed by atoms with van der Waals surface area (Å²) in [6.45, 7) is 10.0. The summed E-state index contributed by atoms with van der Waals surface area (Å²) < 4.78 is 23.7. The molecule has 1 aromatic rings. The van der Waals surface area contributed by atoms with Gasteiger partial charge in [0.2, 0.25) is 0 Å². The van der Waals surface area contributed by atoms with Gasteiger partial charge in [-0.05, 0) is 98.3 Å². The van der Waals surface area contributed by atoms with E-state index in [1.165, 1.54) is 19.3 Å². The molecule has 1 aromatic carbocycles. The summed E-state index contributed by atoms with van der Waals surface area (Å²) in [5, 5.41) is 0. The largest absolute Gasteiger partial charge is 0.455 e. The number of carbonyl (C=O) groups is 3. The van der Waals surface area contributed by atoms with Crippen LogP contribution in [0.3, 0.4) is 0 Å². The molecule has 4 saturated carbocycles. The first kappa shape index (κ1) is 27.1. The normalized spacial score (nSPS) is 38.3. The molecule has 7 nitrogen and oxygen atoms in total. The van der Waals surface area contributed by atoms with Crippen LogP contribution in [-0.2, 0) is 28.6 Å². The third-order valence-electron chi connectivity index (χ3n) is 9.89. The van der Waals surface area contributed by atoms with Gasteiger partial charge in [-0.15, -0.1) is 12.6 Å². The molecule has 7 rings (SSSR count). The van der Waals surface area contributed by atoms with Gasteiger partial charge in [-0.1, -0.05) is 27.7 Å². The molecule has 4 aliphatic carbocycles. The van der Waals surface area contributed by atoms with Crippen LogP contribution < -0.4 is 4.74 Å². The van der Waals surface area contributed by atoms with E-state index in [4.69, 9.17) is 31.6 Å². The van der Waals surface area contributed by atoms with E-state index in [1.54, 1.807) is 19.1 Å². The molecule has 0 radical (unpaired) electrons. The quantitative estimate of drug-likeness (QED) is 0.212. The average molecular weight is 557 g/mol. The number of hydrogen-bond acceptors (Lipinski definition) is 8. The summed E-state index contributed by atoms with van der Waals surface area (Å²) >= 11 is 4.73. The van der Waals surface area contributed by atoms with Gasteiger partial charge in [-0.25, -0.2) is 0 Å². The number of rotatable bonds is 6. The lowest BCUT2D eigenvalue weighted by Gasteiger charge is -2.55. The summed E-state index contributed by atoms with van der Waals surface area (Å²) in [5.41, 5.74) is 1.47. The lowest BCUT2D eigenvalue weighted by atomic mass is 9.49. The molecule has 8 heteroatoms. The smallest absolute Gasteiger partial charge is 0.328 e. The Morgan fingerprint density at radius 3 is 2.00 bits per heavy atom. The topological polar surface area (TPSA) is 88.1 Å². The van der Waals surface area contributed by atoms with Gasteiger partial charge in [0, 0.05) is 4.90 Å². The minimum Gasteiger partial charge on any atom is -0.455 e. The van der Waals surface area contributed by atoms with Crippen molar-refractivity contribution in [3.05, 3.63) is 23.3 Å². The standard InChI is InChI=1S/C31H40O7S/c1-14(2)21-9-20(10-22(15(3)4)27(21)39)36-28(32)23-25-26(24(16(5)35-25)37-29(23)33)38-30(34)31-11-17-6-18(12-31)8-19(7-17)13-31/h9-10,14-19,23-26,39H,6-8,11-13H2,1-5H3. The zero-order chi connectivity index (χ0) is 27.8. The molecule has 212 valence electrons. The van der Waals surface area contributed by atoms with Crippen LogP contribution in [0.4, 0.5) is 0 Å². The molecule has 5 atom stereocenters. The van der Waals surface area contributed by atoms with Crippen LogP contribution in [0, 0.1) is 29.1 Å². The van der Waals surface area contributed by atoms with Gasteiger partial charge in [0.1, 0.15) is 11.9 Å². The first-order valence-corrected chi connectivity index (χ1v) is 15.1. The fraction of sp³-hybridized carbons (Fsp3) is 0.710. The van der Waals surface area contributed by atoms with E-state index in [2.05, 4.69) is 27.7 Å². The Kier molecular flexibility index (Phi) is 6.81. The number of esters is 3. The molecule has 6 fully saturated rings. The predicted octanol–water partition coefficient (Wildman–Crippen LogP) is 5.58. The average Bonchev–Trinajstić information content (AvgIpc) is 3.05. The van der Waals surface area contributed by atoms with Crippen molar-refractivity contribution in [3.8, 4) is 5.75 Å². The van der Waals surface area contributed by atoms with Crippen molar-refractivity contribution >= 4 is 30.5 Å². The van der Waals surface area contributed by atoms with Crippen molar-refractivity contribution in [3.63, 3.8) is 0 Å². The Morgan fingerprint density at radius 1 is 0.949 bits per heavy atom. The van der Waals surface area contributed by atoms with Gasteiger partial charge in [0.25, 0.3) is 0 Å². The number of hydrogen-bond donors (Lipinski definition) is 1. The van der Waals surface area contributed by atoms with Crippen molar-refractivity contribution in [2.24, 2.45) is 29.1 Å². The first-order valence-electron chi connectivity index (χ1n) is 14.6. The molecule has 39 heavy (non-hydrogen) atoms. The molecule has 6 bridgehead atoms. The zero-order valence-electron chi connectivity index (χ0n) is 23.5. The van der Waals surface area contributed by atoms with Crippen LogP contribution in [0.1, 0.15) is 96.1 Å². The fourth-order valence-corrected chi connectivity index (χ4v) is 9.02. The van der Waals surface area contributed by atoms with E-state index >= 15 is 0 Å². The fourth-order valence-electron chi connectivity index (χ4n) is 8.37. The molecule has 2 saturated heterocycles. The zero-order valence-corrected chi connectivity index (χ0v) is 24.4. The van der Waals surface area contributed by atoms with Gasteiger partial charge in [-0.3, -0.25) is 14.4 Å². The van der Waals surface area contributed by atoms with Gasteiger partial charge >= 0.3 is 17.9 Å². The molecule has 0 aromatic heterocycles. The van der Waals surface area contributed by atoms with E-state index in [9.17, 15) is 14.4 Å². The molecule has 0 spiro atoms. The Hall–Kier alpha value is -2.06. The van der Waals surface area contributed by atoms with Crippen molar-refractivity contribution in [1.82, 2.24) is 0 Å². The van der Waals surface area contributed by atoms with E-state index in [0.717, 1.165) is 35.3 Å². The summed E-state index contributed by atoms with van der Waals surface area (Å²) in [4.78, 5) is 41.2. The van der Waals surface area contributed by atoms with Crippen LogP contribution in [0.5, 0.6) is 5.75 Å². The lowest BCUT2D eigenvalue weighted by Crippen LogP contribution is -2.56. The second kappa shape index (κ2) is 9.79. The highest BCUT2D eigenvalue weighted by atomic mass is 32.1. The van der Waals surface area contributed by atoms with E-state index in [-0.39, 0.29) is 17.8 Å². The summed E-state index contributed by atoms with van der Waals surface area (Å²) in [7, 11) is 0. The molecule has 2 aliphatic heterocycles. The van der Waals surface area contributed by atoms with Crippen LogP contribution in [0.25, 0.3) is 0 Å². The molecule has 0 N–H and O–H groups in total. The SMILES string of the molecule is CC(C)c1cc(OC(=O)C2C(=O)OC3C(C)OC2C3OC(=O)C23CC4CC(CC(C4)C2)C3)cc(C(C)C)c1S. The third kappa shape index (κ3) is 4.59. The second-order valence-electron chi connectivity index (χ2n) is 13.4. The maximum Gasteiger partial charge on any atom is 0.328 e. The highest BCUT2D eigenvalue weighted by Gasteiger charge is 2.62. The summed E-state index contributed by atoms with van der Waals surface area (Å²) in [6.07, 6.45) is 3.30. The van der Waals surface area contributed by atoms with Gasteiger partial charge < -0.3 is 18.9 Å². The molecule has 5 unspecified atom stereocenters. The molecule has 6 aliphatic rings. The first-order chi connectivity index (χ1) is 18.5. The Bertz CT molecular complexity index is 1130. The molecule has 2 heterocycles. The number of ether oxygens (including phenoxy) is 4. The minimum absolute atomic E-state index is 0.168. The minimum atomic E-state index is -1.33. The van der Waals surface area contributed by atoms with Crippen molar-refractivity contribution in [2.45, 2.75) is 114 Å². The van der Waals surface area contributed by atoms with Gasteiger partial charge in [0.05, 0.1) is 11.5 Å². The number of benzene rings is 1. The van der Waals surface area contributed by atoms with E-state index in [0.29, 0.717) is 23.5 Å². The lowest BCUT2D eigenvalue weighted by molar-refractivity contribution is -0.199. The summed E-state index contributed by atoms with van der Waals surface area (Å²) in [6, 6.07) is 3.60. The van der Waals surface area contributed by atoms with E-state index in [1.807, 2.05) is 0 Å². The number of thiol groups is 1. The van der Waals surface area contributed by atoms with Crippen molar-refractivity contribution in [2.75, 3.05) is 0 Å². The van der Waals surface area contributed by atoms with Crippen molar-refractivity contribution < 1.29 is 33.3 Å². The number of carbonyl (C=O) groups excluding carboxylic acids is 3. The Morgan fingerprint density at radius 2 is 1.49 bits per heavy atom. The molecule has 0 amide bonds. The van der Waals surface area contributed by atoms with Crippen LogP contribution >= 0.6 is 12.6 Å². The predicted molar refractivity (Wildman–Crippen MR) is 146 cm³/mol. The highest BCUT2D eigenvalue weighted by Crippen LogP contribution is 2.60. The van der Waals surface area contributed by atoms with Crippen LogP contribution in [0.15, 0.2) is 17.0 Å². The second-order valence-corrected chi connectivity index (χ2v) is 13.9. The maximum atomic E-state index is 13.7. The summed E-state index contributed by atoms with van der Waals surface area (Å²) in [5.74, 6) is -0.521. The Balaban J connectivity index is 1.23.